The number of nitrogens with zero attached hydrogens (tertiary/aromatic N) is 1. The molecule has 0 saturated carbocycles. The molecule has 0 aliphatic rings. The molecule has 0 aliphatic heterocycles. The van der Waals surface area contributed by atoms with Crippen LogP contribution in [0.4, 0.5) is 5.69 Å². The van der Waals surface area contributed by atoms with E-state index in [0.717, 1.165) is 21.7 Å². The maximum Gasteiger partial charge on any atom is 0.240 e. The van der Waals surface area contributed by atoms with Crippen LogP contribution in [0, 0.1) is 19.8 Å². The SMILES string of the molecule is Cc1ccc(C)c(N(CC(=O)N[C@@H](C)C(C)C)S(C)(=O)=O)c1. The summed E-state index contributed by atoms with van der Waals surface area (Å²) in [6, 6.07) is 5.56. The Morgan fingerprint density at radius 1 is 1.23 bits per heavy atom. The van der Waals surface area contributed by atoms with Crippen LogP contribution < -0.4 is 9.62 Å². The minimum absolute atomic E-state index is 0.00693. The summed E-state index contributed by atoms with van der Waals surface area (Å²) in [5.41, 5.74) is 2.32. The van der Waals surface area contributed by atoms with Gasteiger partial charge in [-0.15, -0.1) is 0 Å². The molecule has 1 N–H and O–H groups in total. The standard InChI is InChI=1S/C16H26N2O3S/c1-11(2)14(5)17-16(19)10-18(22(6,20)21)15-9-12(3)7-8-13(15)4/h7-9,11,14H,10H2,1-6H3,(H,17,19)/t14-/m0/s1. The van der Waals surface area contributed by atoms with E-state index in [-0.39, 0.29) is 24.4 Å². The summed E-state index contributed by atoms with van der Waals surface area (Å²) in [6.45, 7) is 9.44. The topological polar surface area (TPSA) is 66.5 Å². The third-order valence-corrected chi connectivity index (χ3v) is 4.84. The van der Waals surface area contributed by atoms with Crippen LogP contribution in [0.1, 0.15) is 31.9 Å². The number of aryl methyl sites for hydroxylation is 2. The third-order valence-electron chi connectivity index (χ3n) is 3.71. The Morgan fingerprint density at radius 2 is 1.82 bits per heavy atom. The zero-order valence-corrected chi connectivity index (χ0v) is 15.0. The quantitative estimate of drug-likeness (QED) is 0.872. The fourth-order valence-corrected chi connectivity index (χ4v) is 2.87. The van der Waals surface area contributed by atoms with Crippen molar-refractivity contribution >= 4 is 21.6 Å². The first-order valence-corrected chi connectivity index (χ1v) is 9.21. The van der Waals surface area contributed by atoms with Crippen molar-refractivity contribution in [2.24, 2.45) is 5.92 Å². The smallest absolute Gasteiger partial charge is 0.240 e. The average molecular weight is 326 g/mol. The van der Waals surface area contributed by atoms with E-state index < -0.39 is 10.0 Å². The van der Waals surface area contributed by atoms with Gasteiger partial charge in [-0.25, -0.2) is 8.42 Å². The zero-order chi connectivity index (χ0) is 17.1. The highest BCUT2D eigenvalue weighted by Gasteiger charge is 2.23. The molecule has 1 aromatic rings. The second kappa shape index (κ2) is 7.13. The number of anilines is 1. The van der Waals surface area contributed by atoms with Crippen molar-refractivity contribution in [3.63, 3.8) is 0 Å². The highest BCUT2D eigenvalue weighted by molar-refractivity contribution is 7.92. The van der Waals surface area contributed by atoms with Crippen molar-refractivity contribution in [2.45, 2.75) is 40.7 Å². The van der Waals surface area contributed by atoms with Gasteiger partial charge in [0.05, 0.1) is 11.9 Å². The largest absolute Gasteiger partial charge is 0.352 e. The number of nitrogens with one attached hydrogen (secondary N) is 1. The number of sulfonamides is 1. The van der Waals surface area contributed by atoms with Crippen LogP contribution in [0.2, 0.25) is 0 Å². The van der Waals surface area contributed by atoms with E-state index in [2.05, 4.69) is 5.32 Å². The van der Waals surface area contributed by atoms with Crippen LogP contribution in [-0.2, 0) is 14.8 Å². The van der Waals surface area contributed by atoms with Gasteiger partial charge in [-0.1, -0.05) is 26.0 Å². The van der Waals surface area contributed by atoms with Gasteiger partial charge in [0, 0.05) is 6.04 Å². The van der Waals surface area contributed by atoms with Crippen molar-refractivity contribution < 1.29 is 13.2 Å². The normalized spacial score (nSPS) is 13.0. The molecule has 0 aromatic heterocycles. The van der Waals surface area contributed by atoms with Gasteiger partial charge in [0.1, 0.15) is 6.54 Å². The first-order valence-electron chi connectivity index (χ1n) is 7.36. The number of rotatable bonds is 6. The molecule has 22 heavy (non-hydrogen) atoms. The number of hydrogen-bond donors (Lipinski definition) is 1. The van der Waals surface area contributed by atoms with Gasteiger partial charge in [0.15, 0.2) is 0 Å². The summed E-state index contributed by atoms with van der Waals surface area (Å²) in [5.74, 6) is -0.0103. The van der Waals surface area contributed by atoms with Crippen LogP contribution in [0.15, 0.2) is 18.2 Å². The van der Waals surface area contributed by atoms with Crippen molar-refractivity contribution in [2.75, 3.05) is 17.1 Å². The number of benzene rings is 1. The van der Waals surface area contributed by atoms with Crippen LogP contribution in [0.25, 0.3) is 0 Å². The molecule has 6 heteroatoms. The van der Waals surface area contributed by atoms with Gasteiger partial charge in [0.25, 0.3) is 0 Å². The molecule has 0 fully saturated rings. The Balaban J connectivity index is 3.06. The van der Waals surface area contributed by atoms with E-state index in [1.165, 1.54) is 0 Å². The molecule has 124 valence electrons. The lowest BCUT2D eigenvalue weighted by Gasteiger charge is -2.25. The van der Waals surface area contributed by atoms with Gasteiger partial charge in [0.2, 0.25) is 15.9 Å². The summed E-state index contributed by atoms with van der Waals surface area (Å²) in [7, 11) is -3.54. The Morgan fingerprint density at radius 3 is 2.32 bits per heavy atom. The second-order valence-corrected chi connectivity index (χ2v) is 8.07. The molecule has 0 aliphatic carbocycles. The molecule has 0 bridgehead atoms. The summed E-state index contributed by atoms with van der Waals surface area (Å²) >= 11 is 0. The van der Waals surface area contributed by atoms with Crippen LogP contribution in [0.5, 0.6) is 0 Å². The molecule has 1 atom stereocenters. The van der Waals surface area contributed by atoms with Crippen molar-refractivity contribution in [1.82, 2.24) is 5.32 Å². The molecule has 1 rings (SSSR count). The molecule has 1 aromatic carbocycles. The highest BCUT2D eigenvalue weighted by Crippen LogP contribution is 2.23. The van der Waals surface area contributed by atoms with Crippen LogP contribution in [-0.4, -0.2) is 33.2 Å². The van der Waals surface area contributed by atoms with E-state index in [4.69, 9.17) is 0 Å². The maximum absolute atomic E-state index is 12.2. The van der Waals surface area contributed by atoms with Gasteiger partial charge >= 0.3 is 0 Å². The lowest BCUT2D eigenvalue weighted by Crippen LogP contribution is -2.44. The zero-order valence-electron chi connectivity index (χ0n) is 14.2. The van der Waals surface area contributed by atoms with Crippen molar-refractivity contribution in [3.8, 4) is 0 Å². The van der Waals surface area contributed by atoms with E-state index in [0.29, 0.717) is 5.69 Å². The van der Waals surface area contributed by atoms with Crippen LogP contribution >= 0.6 is 0 Å². The monoisotopic (exact) mass is 326 g/mol. The molecule has 0 saturated heterocycles. The summed E-state index contributed by atoms with van der Waals surface area (Å²) < 4.78 is 25.4. The van der Waals surface area contributed by atoms with E-state index in [9.17, 15) is 13.2 Å². The van der Waals surface area contributed by atoms with Crippen molar-refractivity contribution in [3.05, 3.63) is 29.3 Å². The second-order valence-electron chi connectivity index (χ2n) is 6.16. The first kappa shape index (κ1) is 18.5. The molecule has 0 spiro atoms. The van der Waals surface area contributed by atoms with E-state index >= 15 is 0 Å². The first-order chi connectivity index (χ1) is 10.0. The Bertz CT molecular complexity index is 639. The number of amides is 1. The molecular formula is C16H26N2O3S. The molecule has 0 heterocycles. The lowest BCUT2D eigenvalue weighted by molar-refractivity contribution is -0.120. The minimum atomic E-state index is -3.54. The molecule has 1 amide bonds. The minimum Gasteiger partial charge on any atom is -0.352 e. The van der Waals surface area contributed by atoms with Gasteiger partial charge in [-0.05, 0) is 43.9 Å². The predicted molar refractivity (Wildman–Crippen MR) is 90.5 cm³/mol. The van der Waals surface area contributed by atoms with E-state index in [1.807, 2.05) is 46.8 Å². The number of carbonyl (C=O) groups is 1. The number of carbonyl (C=O) groups excluding carboxylic acids is 1. The van der Waals surface area contributed by atoms with Crippen molar-refractivity contribution in [1.29, 1.82) is 0 Å². The summed E-state index contributed by atoms with van der Waals surface area (Å²) in [6.07, 6.45) is 1.12. The Hall–Kier alpha value is -1.56. The fraction of sp³-hybridized carbons (Fsp3) is 0.562. The highest BCUT2D eigenvalue weighted by atomic mass is 32.2. The summed E-state index contributed by atoms with van der Waals surface area (Å²) in [4.78, 5) is 12.2. The molecular weight excluding hydrogens is 300 g/mol. The van der Waals surface area contributed by atoms with Gasteiger partial charge in [-0.3, -0.25) is 9.10 Å². The van der Waals surface area contributed by atoms with Gasteiger partial charge < -0.3 is 5.32 Å². The van der Waals surface area contributed by atoms with Gasteiger partial charge in [-0.2, -0.15) is 0 Å². The number of hydrogen-bond acceptors (Lipinski definition) is 3. The fourth-order valence-electron chi connectivity index (χ4n) is 1.97. The average Bonchev–Trinajstić information content (AvgIpc) is 2.37. The molecule has 0 unspecified atom stereocenters. The Kier molecular flexibility index (Phi) is 6.00. The Labute approximate surface area is 133 Å². The molecule has 5 nitrogen and oxygen atoms in total. The van der Waals surface area contributed by atoms with E-state index in [1.54, 1.807) is 6.07 Å². The maximum atomic E-state index is 12.2. The van der Waals surface area contributed by atoms with Crippen LogP contribution in [0.3, 0.4) is 0 Å². The lowest BCUT2D eigenvalue weighted by atomic mass is 10.1. The predicted octanol–water partition coefficient (Wildman–Crippen LogP) is 2.23. The third kappa shape index (κ3) is 5.02. The molecule has 0 radical (unpaired) electrons. The summed E-state index contributed by atoms with van der Waals surface area (Å²) in [5, 5.41) is 2.84.